The molecule has 1 fully saturated rings. The number of carbonyl (C=O) groups is 3. The quantitative estimate of drug-likeness (QED) is 0.256. The molecule has 1 aliphatic rings. The van der Waals surface area contributed by atoms with Crippen molar-refractivity contribution in [1.29, 1.82) is 0 Å². The topological polar surface area (TPSA) is 98.7 Å². The summed E-state index contributed by atoms with van der Waals surface area (Å²) < 4.78 is 26.6. The number of alkyl halides is 2. The lowest BCUT2D eigenvalue weighted by atomic mass is 9.84. The first-order valence-corrected chi connectivity index (χ1v) is 13.4. The molecule has 4 rings (SSSR count). The maximum absolute atomic E-state index is 13.4. The van der Waals surface area contributed by atoms with Crippen molar-refractivity contribution in [2.75, 3.05) is 16.8 Å². The van der Waals surface area contributed by atoms with Gasteiger partial charge in [0.2, 0.25) is 0 Å². The SMILES string of the molecule is O=C(NCC(F)(F)C(=O)O)c1ccc(CN(C(=O)Nc2cccc(Cl)c2)c2ccc(C3CCCCC3)cc2)cc1. The van der Waals surface area contributed by atoms with Gasteiger partial charge in [0.05, 0.1) is 13.1 Å². The van der Waals surface area contributed by atoms with Crippen LogP contribution in [0.25, 0.3) is 0 Å². The van der Waals surface area contributed by atoms with E-state index in [4.69, 9.17) is 16.7 Å². The molecule has 3 N–H and O–H groups in total. The van der Waals surface area contributed by atoms with Crippen molar-refractivity contribution in [2.24, 2.45) is 0 Å². The van der Waals surface area contributed by atoms with Gasteiger partial charge < -0.3 is 15.7 Å². The van der Waals surface area contributed by atoms with Gasteiger partial charge in [0.25, 0.3) is 5.91 Å². The molecular formula is C30H30ClF2N3O4. The van der Waals surface area contributed by atoms with Crippen molar-refractivity contribution >= 4 is 40.9 Å². The zero-order chi connectivity index (χ0) is 28.7. The Hall–Kier alpha value is -3.98. The first-order chi connectivity index (χ1) is 19.1. The second-order valence-corrected chi connectivity index (χ2v) is 10.3. The highest BCUT2D eigenvalue weighted by Gasteiger charge is 2.39. The number of hydrogen-bond acceptors (Lipinski definition) is 3. The number of nitrogens with zero attached hydrogens (tertiary/aromatic N) is 1. The van der Waals surface area contributed by atoms with Gasteiger partial charge >= 0.3 is 17.9 Å². The van der Waals surface area contributed by atoms with Crippen LogP contribution in [-0.4, -0.2) is 35.5 Å². The third kappa shape index (κ3) is 7.57. The Kier molecular flexibility index (Phi) is 9.37. The summed E-state index contributed by atoms with van der Waals surface area (Å²) in [5.41, 5.74) is 3.23. The molecule has 0 atom stereocenters. The van der Waals surface area contributed by atoms with E-state index in [0.29, 0.717) is 27.9 Å². The number of amides is 3. The summed E-state index contributed by atoms with van der Waals surface area (Å²) in [7, 11) is 0. The monoisotopic (exact) mass is 569 g/mol. The Morgan fingerprint density at radius 1 is 0.950 bits per heavy atom. The number of anilines is 2. The van der Waals surface area contributed by atoms with E-state index in [0.717, 1.165) is 12.8 Å². The zero-order valence-electron chi connectivity index (χ0n) is 21.7. The van der Waals surface area contributed by atoms with Crippen LogP contribution in [0.5, 0.6) is 0 Å². The molecule has 40 heavy (non-hydrogen) atoms. The number of halogens is 3. The Bertz CT molecular complexity index is 1340. The number of hydrogen-bond donors (Lipinski definition) is 3. The Morgan fingerprint density at radius 3 is 2.25 bits per heavy atom. The van der Waals surface area contributed by atoms with E-state index in [1.807, 2.05) is 17.4 Å². The highest BCUT2D eigenvalue weighted by Crippen LogP contribution is 2.33. The molecule has 0 aromatic heterocycles. The van der Waals surface area contributed by atoms with Crippen LogP contribution >= 0.6 is 11.6 Å². The minimum absolute atomic E-state index is 0.0803. The van der Waals surface area contributed by atoms with Gasteiger partial charge in [0.15, 0.2) is 0 Å². The van der Waals surface area contributed by atoms with Crippen LogP contribution in [-0.2, 0) is 11.3 Å². The minimum atomic E-state index is -4.07. The standard InChI is InChI=1S/C30H30ClF2N3O4/c31-24-7-4-8-25(17-24)35-29(40)36(26-15-13-22(14-16-26)21-5-2-1-3-6-21)18-20-9-11-23(12-10-20)27(37)34-19-30(32,33)28(38)39/h4,7-17,21H,1-3,5-6,18-19H2,(H,34,37)(H,35,40)(H,38,39). The highest BCUT2D eigenvalue weighted by molar-refractivity contribution is 6.30. The van der Waals surface area contributed by atoms with Gasteiger partial charge in [-0.3, -0.25) is 9.69 Å². The van der Waals surface area contributed by atoms with Crippen LogP contribution in [0, 0.1) is 0 Å². The average Bonchev–Trinajstić information content (AvgIpc) is 2.95. The number of nitrogens with one attached hydrogen (secondary N) is 2. The molecule has 0 spiro atoms. The van der Waals surface area contributed by atoms with Crippen LogP contribution in [0.4, 0.5) is 25.0 Å². The van der Waals surface area contributed by atoms with E-state index >= 15 is 0 Å². The fourth-order valence-electron chi connectivity index (χ4n) is 4.71. The van der Waals surface area contributed by atoms with E-state index < -0.39 is 24.3 Å². The number of carbonyl (C=O) groups excluding carboxylic acids is 2. The molecule has 10 heteroatoms. The normalized spacial score (nSPS) is 13.9. The van der Waals surface area contributed by atoms with Gasteiger partial charge in [-0.15, -0.1) is 0 Å². The molecule has 0 aliphatic heterocycles. The number of rotatable bonds is 9. The molecule has 1 aliphatic carbocycles. The van der Waals surface area contributed by atoms with E-state index in [-0.39, 0.29) is 18.1 Å². The van der Waals surface area contributed by atoms with Gasteiger partial charge in [0.1, 0.15) is 0 Å². The van der Waals surface area contributed by atoms with Gasteiger partial charge in [-0.2, -0.15) is 8.78 Å². The second kappa shape index (κ2) is 12.9. The second-order valence-electron chi connectivity index (χ2n) is 9.84. The Balaban J connectivity index is 1.51. The molecule has 3 aromatic carbocycles. The van der Waals surface area contributed by atoms with Crippen LogP contribution in [0.1, 0.15) is 59.5 Å². The van der Waals surface area contributed by atoms with Crippen LogP contribution in [0.2, 0.25) is 5.02 Å². The average molecular weight is 570 g/mol. The fourth-order valence-corrected chi connectivity index (χ4v) is 4.90. The summed E-state index contributed by atoms with van der Waals surface area (Å²) in [6.07, 6.45) is 6.02. The molecule has 3 amide bonds. The molecule has 0 unspecified atom stereocenters. The maximum atomic E-state index is 13.4. The molecule has 0 heterocycles. The van der Waals surface area contributed by atoms with Crippen molar-refractivity contribution in [3.63, 3.8) is 0 Å². The molecule has 7 nitrogen and oxygen atoms in total. The van der Waals surface area contributed by atoms with E-state index in [1.54, 1.807) is 41.3 Å². The predicted octanol–water partition coefficient (Wildman–Crippen LogP) is 7.08. The number of urea groups is 1. The van der Waals surface area contributed by atoms with Crippen molar-refractivity contribution in [2.45, 2.75) is 50.5 Å². The molecule has 0 radical (unpaired) electrons. The largest absolute Gasteiger partial charge is 0.477 e. The first-order valence-electron chi connectivity index (χ1n) is 13.0. The van der Waals surface area contributed by atoms with Crippen molar-refractivity contribution in [3.8, 4) is 0 Å². The fraction of sp³-hybridized carbons (Fsp3) is 0.300. The number of benzene rings is 3. The van der Waals surface area contributed by atoms with Gasteiger partial charge in [-0.05, 0) is 72.4 Å². The van der Waals surface area contributed by atoms with Crippen LogP contribution in [0.3, 0.4) is 0 Å². The Morgan fingerprint density at radius 2 is 1.62 bits per heavy atom. The first kappa shape index (κ1) is 29.0. The Labute approximate surface area is 236 Å². The zero-order valence-corrected chi connectivity index (χ0v) is 22.5. The van der Waals surface area contributed by atoms with Crippen LogP contribution in [0.15, 0.2) is 72.8 Å². The van der Waals surface area contributed by atoms with Gasteiger partial charge in [-0.1, -0.05) is 61.2 Å². The predicted molar refractivity (Wildman–Crippen MR) is 150 cm³/mol. The van der Waals surface area contributed by atoms with Crippen molar-refractivity contribution in [3.05, 3.63) is 94.5 Å². The summed E-state index contributed by atoms with van der Waals surface area (Å²) in [6.45, 7) is -1.16. The summed E-state index contributed by atoms with van der Waals surface area (Å²) in [5.74, 6) is -6.70. The molecule has 210 valence electrons. The molecule has 0 saturated heterocycles. The molecular weight excluding hydrogens is 540 g/mol. The summed E-state index contributed by atoms with van der Waals surface area (Å²) in [4.78, 5) is 37.8. The van der Waals surface area contributed by atoms with Gasteiger partial charge in [0, 0.05) is 22.0 Å². The number of carboxylic acids is 1. The lowest BCUT2D eigenvalue weighted by Crippen LogP contribution is -2.42. The van der Waals surface area contributed by atoms with E-state index in [2.05, 4.69) is 17.4 Å². The van der Waals surface area contributed by atoms with Gasteiger partial charge in [-0.25, -0.2) is 9.59 Å². The molecule has 3 aromatic rings. The molecule has 1 saturated carbocycles. The van der Waals surface area contributed by atoms with Crippen molar-refractivity contribution in [1.82, 2.24) is 5.32 Å². The summed E-state index contributed by atoms with van der Waals surface area (Å²) in [6, 6.07) is 20.5. The lowest BCUT2D eigenvalue weighted by Gasteiger charge is -2.26. The number of carboxylic acid groups (broad SMARTS) is 1. The van der Waals surface area contributed by atoms with E-state index in [9.17, 15) is 23.2 Å². The maximum Gasteiger partial charge on any atom is 0.376 e. The third-order valence-corrected chi connectivity index (χ3v) is 7.18. The van der Waals surface area contributed by atoms with E-state index in [1.165, 1.54) is 37.0 Å². The molecule has 0 bridgehead atoms. The third-order valence-electron chi connectivity index (χ3n) is 6.94. The van der Waals surface area contributed by atoms with Crippen LogP contribution < -0.4 is 15.5 Å². The number of aliphatic carboxylic acids is 1. The highest BCUT2D eigenvalue weighted by atomic mass is 35.5. The summed E-state index contributed by atoms with van der Waals surface area (Å²) in [5, 5.41) is 13.8. The minimum Gasteiger partial charge on any atom is -0.477 e. The summed E-state index contributed by atoms with van der Waals surface area (Å²) >= 11 is 6.08. The van der Waals surface area contributed by atoms with Crippen molar-refractivity contribution < 1.29 is 28.3 Å². The lowest BCUT2D eigenvalue weighted by molar-refractivity contribution is -0.163. The smallest absolute Gasteiger partial charge is 0.376 e.